The lowest BCUT2D eigenvalue weighted by atomic mass is 9.93. The molecule has 0 saturated carbocycles. The number of fused-ring (bicyclic) bond motifs is 1. The lowest BCUT2D eigenvalue weighted by Crippen LogP contribution is -2.36. The Bertz CT molecular complexity index is 712. The maximum absolute atomic E-state index is 9.79. The third-order valence-corrected chi connectivity index (χ3v) is 3.34. The number of hydrogen-bond donors (Lipinski definition) is 3. The molecule has 0 fully saturated rings. The van der Waals surface area contributed by atoms with Gasteiger partial charge in [0.05, 0.1) is 18.5 Å². The van der Waals surface area contributed by atoms with Crippen LogP contribution in [-0.4, -0.2) is 31.6 Å². The number of imidazole rings is 1. The van der Waals surface area contributed by atoms with Gasteiger partial charge in [-0.05, 0) is 12.5 Å². The Balaban J connectivity index is 2.01. The van der Waals surface area contributed by atoms with Gasteiger partial charge in [-0.3, -0.25) is 0 Å². The summed E-state index contributed by atoms with van der Waals surface area (Å²) in [6, 6.07) is 9.76. The number of anilines is 1. The Kier molecular flexibility index (Phi) is 3.08. The number of nitrogens with zero attached hydrogens (tertiary/aromatic N) is 3. The van der Waals surface area contributed by atoms with Crippen LogP contribution in [0.2, 0.25) is 0 Å². The van der Waals surface area contributed by atoms with Crippen LogP contribution >= 0.6 is 0 Å². The van der Waals surface area contributed by atoms with E-state index in [9.17, 15) is 5.11 Å². The Morgan fingerprint density at radius 3 is 2.75 bits per heavy atom. The molecule has 20 heavy (non-hydrogen) atoms. The second kappa shape index (κ2) is 4.90. The van der Waals surface area contributed by atoms with Crippen molar-refractivity contribution in [3.8, 4) is 0 Å². The Morgan fingerprint density at radius 2 is 2.00 bits per heavy atom. The first-order valence-corrected chi connectivity index (χ1v) is 6.31. The van der Waals surface area contributed by atoms with Crippen molar-refractivity contribution < 1.29 is 5.11 Å². The van der Waals surface area contributed by atoms with Crippen molar-refractivity contribution in [2.75, 3.05) is 11.9 Å². The van der Waals surface area contributed by atoms with Gasteiger partial charge in [0.2, 0.25) is 0 Å². The van der Waals surface area contributed by atoms with E-state index in [0.717, 1.165) is 11.1 Å². The SMILES string of the molecule is CC(CO)(Nc1ncnc2nc[nH]c12)c1ccccc1. The summed E-state index contributed by atoms with van der Waals surface area (Å²) in [6.07, 6.45) is 3.03. The fourth-order valence-corrected chi connectivity index (χ4v) is 2.13. The number of benzene rings is 1. The van der Waals surface area contributed by atoms with Gasteiger partial charge in [0.15, 0.2) is 11.5 Å². The molecule has 0 spiro atoms. The van der Waals surface area contributed by atoms with E-state index >= 15 is 0 Å². The smallest absolute Gasteiger partial charge is 0.182 e. The lowest BCUT2D eigenvalue weighted by molar-refractivity contribution is 0.224. The second-order valence-corrected chi connectivity index (χ2v) is 4.80. The van der Waals surface area contributed by atoms with E-state index < -0.39 is 5.54 Å². The number of H-pyrrole nitrogens is 1. The molecular formula is C14H15N5O. The first-order valence-electron chi connectivity index (χ1n) is 6.31. The molecule has 102 valence electrons. The quantitative estimate of drug-likeness (QED) is 0.670. The summed E-state index contributed by atoms with van der Waals surface area (Å²) in [5, 5.41) is 13.1. The van der Waals surface area contributed by atoms with Gasteiger partial charge >= 0.3 is 0 Å². The van der Waals surface area contributed by atoms with Gasteiger partial charge in [-0.15, -0.1) is 0 Å². The molecule has 1 atom stereocenters. The van der Waals surface area contributed by atoms with Crippen molar-refractivity contribution >= 4 is 17.0 Å². The summed E-state index contributed by atoms with van der Waals surface area (Å²) in [7, 11) is 0. The number of aromatic amines is 1. The van der Waals surface area contributed by atoms with Crippen LogP contribution in [0.5, 0.6) is 0 Å². The van der Waals surface area contributed by atoms with E-state index in [1.54, 1.807) is 6.33 Å². The molecule has 2 aromatic heterocycles. The standard InChI is InChI=1S/C14H15N5O/c1-14(7-20,10-5-3-2-4-6-10)19-13-11-12(16-8-15-11)17-9-18-13/h2-6,8-9,20H,7H2,1H3,(H2,15,16,17,18,19). The van der Waals surface area contributed by atoms with Crippen LogP contribution in [0.15, 0.2) is 43.0 Å². The summed E-state index contributed by atoms with van der Waals surface area (Å²) < 4.78 is 0. The predicted octanol–water partition coefficient (Wildman–Crippen LogP) is 1.67. The molecule has 3 rings (SSSR count). The van der Waals surface area contributed by atoms with Crippen molar-refractivity contribution in [1.82, 2.24) is 19.9 Å². The highest BCUT2D eigenvalue weighted by molar-refractivity contribution is 5.82. The summed E-state index contributed by atoms with van der Waals surface area (Å²) >= 11 is 0. The molecular weight excluding hydrogens is 254 g/mol. The molecule has 0 bridgehead atoms. The Morgan fingerprint density at radius 1 is 1.20 bits per heavy atom. The predicted molar refractivity (Wildman–Crippen MR) is 76.2 cm³/mol. The van der Waals surface area contributed by atoms with E-state index in [-0.39, 0.29) is 6.61 Å². The number of aromatic nitrogens is 4. The van der Waals surface area contributed by atoms with Gasteiger partial charge in [-0.1, -0.05) is 30.3 Å². The highest BCUT2D eigenvalue weighted by Crippen LogP contribution is 2.27. The highest BCUT2D eigenvalue weighted by atomic mass is 16.3. The van der Waals surface area contributed by atoms with Crippen LogP contribution in [0.4, 0.5) is 5.82 Å². The molecule has 0 aliphatic rings. The van der Waals surface area contributed by atoms with Crippen LogP contribution in [0.3, 0.4) is 0 Å². The van der Waals surface area contributed by atoms with Crippen LogP contribution in [0.1, 0.15) is 12.5 Å². The fraction of sp³-hybridized carbons (Fsp3) is 0.214. The summed E-state index contributed by atoms with van der Waals surface area (Å²) in [5.41, 5.74) is 1.67. The lowest BCUT2D eigenvalue weighted by Gasteiger charge is -2.30. The molecule has 3 N–H and O–H groups in total. The molecule has 2 heterocycles. The molecule has 6 nitrogen and oxygen atoms in total. The van der Waals surface area contributed by atoms with Crippen LogP contribution in [0.25, 0.3) is 11.2 Å². The van der Waals surface area contributed by atoms with Crippen molar-refractivity contribution in [3.63, 3.8) is 0 Å². The van der Waals surface area contributed by atoms with Crippen molar-refractivity contribution in [2.45, 2.75) is 12.5 Å². The zero-order valence-electron chi connectivity index (χ0n) is 11.0. The molecule has 0 saturated heterocycles. The van der Waals surface area contributed by atoms with Crippen molar-refractivity contribution in [3.05, 3.63) is 48.5 Å². The number of aliphatic hydroxyl groups is 1. The zero-order valence-corrected chi connectivity index (χ0v) is 11.0. The average Bonchev–Trinajstić information content (AvgIpc) is 2.98. The van der Waals surface area contributed by atoms with Gasteiger partial charge in [0.25, 0.3) is 0 Å². The van der Waals surface area contributed by atoms with Gasteiger partial charge in [0.1, 0.15) is 11.8 Å². The summed E-state index contributed by atoms with van der Waals surface area (Å²) in [5.74, 6) is 0.618. The Labute approximate surface area is 115 Å². The largest absolute Gasteiger partial charge is 0.394 e. The molecule has 1 aromatic carbocycles. The minimum absolute atomic E-state index is 0.0589. The van der Waals surface area contributed by atoms with E-state index in [0.29, 0.717) is 11.5 Å². The topological polar surface area (TPSA) is 86.7 Å². The average molecular weight is 269 g/mol. The number of aliphatic hydroxyl groups excluding tert-OH is 1. The molecule has 0 aliphatic carbocycles. The van der Waals surface area contributed by atoms with E-state index in [1.165, 1.54) is 6.33 Å². The van der Waals surface area contributed by atoms with Crippen molar-refractivity contribution in [2.24, 2.45) is 0 Å². The molecule has 0 aliphatic heterocycles. The summed E-state index contributed by atoms with van der Waals surface area (Å²) in [4.78, 5) is 15.4. The van der Waals surface area contributed by atoms with Gasteiger partial charge < -0.3 is 15.4 Å². The van der Waals surface area contributed by atoms with Gasteiger partial charge in [-0.25, -0.2) is 15.0 Å². The summed E-state index contributed by atoms with van der Waals surface area (Å²) in [6.45, 7) is 1.86. The van der Waals surface area contributed by atoms with Crippen LogP contribution < -0.4 is 5.32 Å². The van der Waals surface area contributed by atoms with E-state index in [2.05, 4.69) is 25.3 Å². The number of hydrogen-bond acceptors (Lipinski definition) is 5. The minimum Gasteiger partial charge on any atom is -0.394 e. The molecule has 0 radical (unpaired) electrons. The second-order valence-electron chi connectivity index (χ2n) is 4.80. The highest BCUT2D eigenvalue weighted by Gasteiger charge is 2.27. The molecule has 6 heteroatoms. The molecule has 1 unspecified atom stereocenters. The molecule has 0 amide bonds. The van der Waals surface area contributed by atoms with Crippen molar-refractivity contribution in [1.29, 1.82) is 0 Å². The third kappa shape index (κ3) is 2.10. The van der Waals surface area contributed by atoms with E-state index in [1.807, 2.05) is 37.3 Å². The number of rotatable bonds is 4. The normalized spacial score (nSPS) is 14.1. The van der Waals surface area contributed by atoms with Crippen LogP contribution in [0, 0.1) is 0 Å². The van der Waals surface area contributed by atoms with Gasteiger partial charge in [-0.2, -0.15) is 0 Å². The monoisotopic (exact) mass is 269 g/mol. The van der Waals surface area contributed by atoms with Crippen LogP contribution in [-0.2, 0) is 5.54 Å². The fourth-order valence-electron chi connectivity index (χ4n) is 2.13. The van der Waals surface area contributed by atoms with Gasteiger partial charge in [0, 0.05) is 0 Å². The maximum atomic E-state index is 9.79. The van der Waals surface area contributed by atoms with E-state index in [4.69, 9.17) is 0 Å². The zero-order chi connectivity index (χ0) is 14.0. The molecule has 3 aromatic rings. The third-order valence-electron chi connectivity index (χ3n) is 3.34. The minimum atomic E-state index is -0.631. The number of nitrogens with one attached hydrogen (secondary N) is 2. The first-order chi connectivity index (χ1) is 9.73. The maximum Gasteiger partial charge on any atom is 0.182 e. The Hall–Kier alpha value is -2.47. The first kappa shape index (κ1) is 12.6.